The van der Waals surface area contributed by atoms with Gasteiger partial charge in [-0.1, -0.05) is 0 Å². The lowest BCUT2D eigenvalue weighted by molar-refractivity contribution is 0.0660. The molecule has 4 rings (SSSR count). The van der Waals surface area contributed by atoms with Gasteiger partial charge in [0.25, 0.3) is 5.91 Å². The Kier molecular flexibility index (Phi) is 3.87. The molecule has 3 heterocycles. The molecular weight excluding hydrogens is 320 g/mol. The van der Waals surface area contributed by atoms with Crippen molar-refractivity contribution in [2.45, 2.75) is 19.4 Å². The highest BCUT2D eigenvalue weighted by Crippen LogP contribution is 2.21. The number of likely N-dealkylation sites (tertiary alicyclic amines) is 1. The monoisotopic (exact) mass is 340 g/mol. The lowest BCUT2D eigenvalue weighted by Gasteiger charge is -2.32. The van der Waals surface area contributed by atoms with Gasteiger partial charge in [0.2, 0.25) is 0 Å². The maximum atomic E-state index is 12.9. The maximum absolute atomic E-state index is 12.9. The first kappa shape index (κ1) is 15.6. The molecule has 8 heteroatoms. The van der Waals surface area contributed by atoms with Crippen LogP contribution in [0.1, 0.15) is 23.2 Å². The van der Waals surface area contributed by atoms with E-state index in [0.29, 0.717) is 18.0 Å². The van der Waals surface area contributed by atoms with E-state index in [1.165, 1.54) is 10.9 Å². The largest absolute Gasteiger partial charge is 0.338 e. The molecule has 1 aliphatic heterocycles. The molecule has 1 unspecified atom stereocenters. The highest BCUT2D eigenvalue weighted by molar-refractivity contribution is 5.97. The summed E-state index contributed by atoms with van der Waals surface area (Å²) in [6.45, 7) is 2.24. The number of fused-ring (bicyclic) bond motifs is 1. The van der Waals surface area contributed by atoms with Crippen molar-refractivity contribution in [3.05, 3.63) is 46.9 Å². The number of nitrogens with zero attached hydrogens (tertiary/aromatic N) is 5. The number of rotatable bonds is 3. The summed E-state index contributed by atoms with van der Waals surface area (Å²) >= 11 is 0. The standard InChI is InChI=1S/C17H20N6O2/c1-21-15-7-13(4-5-14(15)20-17(21)25)16(24)22-6-2-3-12(8-22)9-23-11-18-10-19-23/h4-5,7,10-12H,2-3,6,8-9H2,1H3,(H,20,25). The van der Waals surface area contributed by atoms with Crippen molar-refractivity contribution >= 4 is 16.9 Å². The third kappa shape index (κ3) is 2.95. The lowest BCUT2D eigenvalue weighted by atomic mass is 9.97. The molecule has 0 saturated carbocycles. The molecule has 8 nitrogen and oxygen atoms in total. The smallest absolute Gasteiger partial charge is 0.326 e. The van der Waals surface area contributed by atoms with Crippen LogP contribution in [0.4, 0.5) is 0 Å². The van der Waals surface area contributed by atoms with Crippen LogP contribution in [0.25, 0.3) is 11.0 Å². The van der Waals surface area contributed by atoms with E-state index in [9.17, 15) is 9.59 Å². The fourth-order valence-corrected chi connectivity index (χ4v) is 3.53. The number of hydrogen-bond acceptors (Lipinski definition) is 4. The van der Waals surface area contributed by atoms with Gasteiger partial charge in [-0.25, -0.2) is 9.78 Å². The van der Waals surface area contributed by atoms with Crippen molar-refractivity contribution < 1.29 is 4.79 Å². The Morgan fingerprint density at radius 3 is 3.08 bits per heavy atom. The average molecular weight is 340 g/mol. The van der Waals surface area contributed by atoms with E-state index in [2.05, 4.69) is 15.1 Å². The second kappa shape index (κ2) is 6.19. The first-order valence-electron chi connectivity index (χ1n) is 8.42. The third-order valence-corrected chi connectivity index (χ3v) is 4.87. The normalized spacial score (nSPS) is 18.0. The van der Waals surface area contributed by atoms with Crippen LogP contribution in [0.2, 0.25) is 0 Å². The van der Waals surface area contributed by atoms with Gasteiger partial charge in [0.1, 0.15) is 12.7 Å². The van der Waals surface area contributed by atoms with E-state index in [4.69, 9.17) is 0 Å². The van der Waals surface area contributed by atoms with Crippen LogP contribution in [0.15, 0.2) is 35.6 Å². The van der Waals surface area contributed by atoms with Gasteiger partial charge in [-0.05, 0) is 37.0 Å². The van der Waals surface area contributed by atoms with Crippen LogP contribution in [0.3, 0.4) is 0 Å². The molecule has 0 aliphatic carbocycles. The second-order valence-electron chi connectivity index (χ2n) is 6.60. The van der Waals surface area contributed by atoms with Crippen LogP contribution in [-0.4, -0.2) is 48.2 Å². The molecule has 1 aromatic carbocycles. The molecule has 2 aromatic heterocycles. The minimum atomic E-state index is -0.175. The molecule has 1 N–H and O–H groups in total. The minimum Gasteiger partial charge on any atom is -0.338 e. The number of carbonyl (C=O) groups is 1. The van der Waals surface area contributed by atoms with Crippen molar-refractivity contribution in [2.75, 3.05) is 13.1 Å². The van der Waals surface area contributed by atoms with Crippen molar-refractivity contribution in [3.63, 3.8) is 0 Å². The van der Waals surface area contributed by atoms with Gasteiger partial charge in [0, 0.05) is 32.2 Å². The number of nitrogens with one attached hydrogen (secondary N) is 1. The topological polar surface area (TPSA) is 88.8 Å². The Bertz CT molecular complexity index is 955. The van der Waals surface area contributed by atoms with Crippen LogP contribution < -0.4 is 5.69 Å². The van der Waals surface area contributed by atoms with Gasteiger partial charge in [-0.15, -0.1) is 0 Å². The number of benzene rings is 1. The Balaban J connectivity index is 1.53. The molecule has 1 aliphatic rings. The van der Waals surface area contributed by atoms with E-state index in [0.717, 1.165) is 37.0 Å². The number of aromatic amines is 1. The number of H-pyrrole nitrogens is 1. The zero-order chi connectivity index (χ0) is 17.4. The molecule has 0 bridgehead atoms. The van der Waals surface area contributed by atoms with Crippen LogP contribution >= 0.6 is 0 Å². The number of aromatic nitrogens is 5. The van der Waals surface area contributed by atoms with E-state index < -0.39 is 0 Å². The molecular formula is C17H20N6O2. The van der Waals surface area contributed by atoms with Crippen molar-refractivity contribution in [3.8, 4) is 0 Å². The molecule has 1 saturated heterocycles. The van der Waals surface area contributed by atoms with Crippen molar-refractivity contribution in [1.29, 1.82) is 0 Å². The van der Waals surface area contributed by atoms with E-state index in [1.54, 1.807) is 31.6 Å². The van der Waals surface area contributed by atoms with E-state index >= 15 is 0 Å². The summed E-state index contributed by atoms with van der Waals surface area (Å²) < 4.78 is 3.34. The maximum Gasteiger partial charge on any atom is 0.326 e. The minimum absolute atomic E-state index is 0.0128. The zero-order valence-electron chi connectivity index (χ0n) is 14.1. The van der Waals surface area contributed by atoms with Gasteiger partial charge in [-0.3, -0.25) is 14.0 Å². The molecule has 1 amide bonds. The highest BCUT2D eigenvalue weighted by Gasteiger charge is 2.25. The molecule has 0 radical (unpaired) electrons. The fraction of sp³-hybridized carbons (Fsp3) is 0.412. The Morgan fingerprint density at radius 2 is 2.28 bits per heavy atom. The third-order valence-electron chi connectivity index (χ3n) is 4.87. The highest BCUT2D eigenvalue weighted by atomic mass is 16.2. The second-order valence-corrected chi connectivity index (χ2v) is 6.60. The number of carbonyl (C=O) groups excluding carboxylic acids is 1. The lowest BCUT2D eigenvalue weighted by Crippen LogP contribution is -2.41. The van der Waals surface area contributed by atoms with Crippen molar-refractivity contribution in [2.24, 2.45) is 13.0 Å². The van der Waals surface area contributed by atoms with Crippen LogP contribution in [0.5, 0.6) is 0 Å². The Morgan fingerprint density at radius 1 is 1.40 bits per heavy atom. The Labute approximate surface area is 144 Å². The number of hydrogen-bond donors (Lipinski definition) is 1. The number of aryl methyl sites for hydroxylation is 1. The van der Waals surface area contributed by atoms with Gasteiger partial charge >= 0.3 is 5.69 Å². The van der Waals surface area contributed by atoms with Gasteiger partial charge < -0.3 is 9.88 Å². The zero-order valence-corrected chi connectivity index (χ0v) is 14.1. The summed E-state index contributed by atoms with van der Waals surface area (Å²) in [5, 5.41) is 4.15. The van der Waals surface area contributed by atoms with E-state index in [1.807, 2.05) is 9.58 Å². The first-order chi connectivity index (χ1) is 12.1. The Hall–Kier alpha value is -2.90. The molecule has 130 valence electrons. The molecule has 3 aromatic rings. The molecule has 25 heavy (non-hydrogen) atoms. The quantitative estimate of drug-likeness (QED) is 0.771. The van der Waals surface area contributed by atoms with Gasteiger partial charge in [0.05, 0.1) is 11.0 Å². The average Bonchev–Trinajstić information content (AvgIpc) is 3.23. The fourth-order valence-electron chi connectivity index (χ4n) is 3.53. The van der Waals surface area contributed by atoms with Gasteiger partial charge in [-0.2, -0.15) is 5.10 Å². The summed E-state index contributed by atoms with van der Waals surface area (Å²) in [4.78, 5) is 33.3. The SMILES string of the molecule is Cn1c(=O)[nH]c2ccc(C(=O)N3CCCC(Cn4cncn4)C3)cc21. The summed E-state index contributed by atoms with van der Waals surface area (Å²) in [5.41, 5.74) is 1.92. The molecule has 0 spiro atoms. The predicted molar refractivity (Wildman–Crippen MR) is 92.2 cm³/mol. The molecule has 1 fully saturated rings. The van der Waals surface area contributed by atoms with Crippen molar-refractivity contribution in [1.82, 2.24) is 29.2 Å². The number of piperidine rings is 1. The summed E-state index contributed by atoms with van der Waals surface area (Å²) in [6.07, 6.45) is 5.30. The molecule has 1 atom stereocenters. The number of amides is 1. The van der Waals surface area contributed by atoms with Crippen LogP contribution in [-0.2, 0) is 13.6 Å². The number of imidazole rings is 1. The van der Waals surface area contributed by atoms with Gasteiger partial charge in [0.15, 0.2) is 0 Å². The summed E-state index contributed by atoms with van der Waals surface area (Å²) in [7, 11) is 1.70. The van der Waals surface area contributed by atoms with Crippen LogP contribution in [0, 0.1) is 5.92 Å². The van der Waals surface area contributed by atoms with E-state index in [-0.39, 0.29) is 11.6 Å². The first-order valence-corrected chi connectivity index (χ1v) is 8.42. The predicted octanol–water partition coefficient (Wildman–Crippen LogP) is 1.01. The summed E-state index contributed by atoms with van der Waals surface area (Å²) in [5.74, 6) is 0.388. The summed E-state index contributed by atoms with van der Waals surface area (Å²) in [6, 6.07) is 5.36.